The third-order valence-corrected chi connectivity index (χ3v) is 13.1. The number of carbonyl (C=O) groups is 7. The van der Waals surface area contributed by atoms with Gasteiger partial charge in [-0.05, 0) is 83.4 Å². The summed E-state index contributed by atoms with van der Waals surface area (Å²) in [5.74, 6) is -2.55. The number of esters is 1. The number of benzene rings is 2. The van der Waals surface area contributed by atoms with Crippen molar-refractivity contribution in [3.63, 3.8) is 0 Å². The van der Waals surface area contributed by atoms with Crippen molar-refractivity contribution in [1.82, 2.24) is 45.1 Å². The Balaban J connectivity index is 0.952. The maximum atomic E-state index is 13.2. The third kappa shape index (κ3) is 16.1. The van der Waals surface area contributed by atoms with E-state index in [1.165, 1.54) is 0 Å². The first kappa shape index (κ1) is 57.0. The van der Waals surface area contributed by atoms with Crippen molar-refractivity contribution in [3.05, 3.63) is 100 Å². The molecule has 4 amide bonds. The lowest BCUT2D eigenvalue weighted by molar-refractivity contribution is -0.153. The molecule has 75 heavy (non-hydrogen) atoms. The molecule has 4 aromatic rings. The van der Waals surface area contributed by atoms with E-state index in [0.29, 0.717) is 67.1 Å². The highest BCUT2D eigenvalue weighted by Gasteiger charge is 2.37. The molecule has 4 heterocycles. The van der Waals surface area contributed by atoms with Gasteiger partial charge in [-0.2, -0.15) is 0 Å². The number of rotatable bonds is 26. The van der Waals surface area contributed by atoms with Crippen molar-refractivity contribution >= 4 is 76.2 Å². The minimum absolute atomic E-state index is 0.0554. The second kappa shape index (κ2) is 25.8. The van der Waals surface area contributed by atoms with Crippen LogP contribution in [0.3, 0.4) is 0 Å². The van der Waals surface area contributed by atoms with Gasteiger partial charge in [0.15, 0.2) is 0 Å². The molecule has 0 fully saturated rings. The van der Waals surface area contributed by atoms with Crippen LogP contribution in [0, 0.1) is 0 Å². The molecular weight excluding hydrogens is 993 g/mol. The monoisotopic (exact) mass is 1060 g/mol. The molecule has 0 saturated carbocycles. The summed E-state index contributed by atoms with van der Waals surface area (Å²) in [4.78, 5) is 93.8. The molecule has 0 saturated heterocycles. The van der Waals surface area contributed by atoms with Crippen LogP contribution in [0.5, 0.6) is 0 Å². The lowest BCUT2D eigenvalue weighted by atomic mass is 9.96. The minimum atomic E-state index is -1.63. The molecule has 2 unspecified atom stereocenters. The van der Waals surface area contributed by atoms with Gasteiger partial charge in [-0.25, -0.2) is 19.3 Å². The van der Waals surface area contributed by atoms with Crippen LogP contribution >= 0.6 is 0 Å². The highest BCUT2D eigenvalue weighted by atomic mass is 32.2. The van der Waals surface area contributed by atoms with Crippen molar-refractivity contribution in [2.75, 3.05) is 58.1 Å². The predicted octanol–water partition coefficient (Wildman–Crippen LogP) is 2.64. The Labute approximate surface area is 437 Å². The van der Waals surface area contributed by atoms with Gasteiger partial charge in [-0.1, -0.05) is 35.5 Å². The summed E-state index contributed by atoms with van der Waals surface area (Å²) in [5.41, 5.74) is 4.16. The van der Waals surface area contributed by atoms with Gasteiger partial charge in [0.1, 0.15) is 44.7 Å². The zero-order valence-corrected chi connectivity index (χ0v) is 44.1. The number of nitrogens with one attached hydrogen (secondary N) is 4. The first-order valence-electron chi connectivity index (χ1n) is 24.0. The van der Waals surface area contributed by atoms with Crippen LogP contribution in [0.25, 0.3) is 16.6 Å². The maximum absolute atomic E-state index is 13.2. The molecule has 402 valence electrons. The van der Waals surface area contributed by atoms with Gasteiger partial charge in [-0.3, -0.25) is 24.0 Å². The lowest BCUT2D eigenvalue weighted by Gasteiger charge is -2.32. The lowest BCUT2D eigenvalue weighted by Crippen LogP contribution is -2.50. The molecule has 4 N–H and O–H groups in total. The number of anilines is 1. The number of cyclic esters (lactones) is 1. The van der Waals surface area contributed by atoms with Gasteiger partial charge in [0.25, 0.3) is 0 Å². The standard InChI is InChI=1S/C51H64N10O13S/c1-32(2)61(75(8)69)18-17-37-38-11-9-10-12-41(38)55-46-40(37)23-59(7)42(46)19-39-34(24-62)26-71-48(67)47(39)74-49(68)72-25-33-13-15-35(16-14-33)54-43(64)21-53-44(65)27-70-28-45(66)56-50(3,4)30-73-51(5,6)29-60-22-36(57-58-60)20-52-31-63/h9-16,19,22,24,31-32,47H,17-18,20-21,23,25-30H2,1-8H3,(H,52,63)(H,53,65)(H,54,64)(H,56,66)/b42-19-. The molecule has 0 bridgehead atoms. The summed E-state index contributed by atoms with van der Waals surface area (Å²) in [6.07, 6.45) is 3.87. The van der Waals surface area contributed by atoms with Crippen molar-refractivity contribution in [3.8, 4) is 0 Å². The molecule has 2 aliphatic heterocycles. The van der Waals surface area contributed by atoms with Gasteiger partial charge in [0.2, 0.25) is 30.2 Å². The van der Waals surface area contributed by atoms with E-state index in [-0.39, 0.29) is 43.6 Å². The highest BCUT2D eigenvalue weighted by molar-refractivity contribution is 7.88. The normalized spacial score (nSPS) is 15.7. The molecule has 2 aliphatic rings. The van der Waals surface area contributed by atoms with Gasteiger partial charge < -0.3 is 54.4 Å². The summed E-state index contributed by atoms with van der Waals surface area (Å²) in [6.45, 7) is 11.1. The van der Waals surface area contributed by atoms with E-state index in [2.05, 4.69) is 31.6 Å². The molecule has 6 rings (SSSR count). The summed E-state index contributed by atoms with van der Waals surface area (Å²) in [6, 6.07) is 14.1. The van der Waals surface area contributed by atoms with Crippen molar-refractivity contribution in [2.45, 2.75) is 97.5 Å². The number of para-hydroxylation sites is 1. The van der Waals surface area contributed by atoms with E-state index < -0.39 is 78.2 Å². The van der Waals surface area contributed by atoms with Gasteiger partial charge in [0, 0.05) is 65.3 Å². The second-order valence-corrected chi connectivity index (χ2v) is 20.7. The predicted molar refractivity (Wildman–Crippen MR) is 274 cm³/mol. The molecule has 2 atom stereocenters. The van der Waals surface area contributed by atoms with Crippen LogP contribution in [-0.2, 0) is 96.5 Å². The number of ether oxygens (including phenoxy) is 5. The van der Waals surface area contributed by atoms with Crippen LogP contribution in [0.2, 0.25) is 0 Å². The first-order chi connectivity index (χ1) is 35.6. The Morgan fingerprint density at radius 2 is 1.76 bits per heavy atom. The molecule has 2 aromatic carbocycles. The number of hydrogen-bond donors (Lipinski definition) is 4. The van der Waals surface area contributed by atoms with Crippen molar-refractivity contribution in [2.24, 2.45) is 0 Å². The molecule has 2 aromatic heterocycles. The van der Waals surface area contributed by atoms with E-state index in [4.69, 9.17) is 28.7 Å². The Bertz CT molecular complexity index is 2790. The fraction of sp³-hybridized carbons (Fsp3) is 0.451. The molecule has 0 spiro atoms. The topological polar surface area (TPSA) is 287 Å². The number of aromatic nitrogens is 4. The largest absolute Gasteiger partial charge is 0.598 e. The molecule has 23 nitrogen and oxygen atoms in total. The maximum Gasteiger partial charge on any atom is 0.509 e. The summed E-state index contributed by atoms with van der Waals surface area (Å²) < 4.78 is 43.5. The second-order valence-electron chi connectivity index (χ2n) is 19.4. The van der Waals surface area contributed by atoms with Crippen molar-refractivity contribution < 1.29 is 61.8 Å². The number of amides is 4. The first-order valence-corrected chi connectivity index (χ1v) is 25.5. The van der Waals surface area contributed by atoms with Crippen LogP contribution in [0.1, 0.15) is 69.6 Å². The average molecular weight is 1060 g/mol. The van der Waals surface area contributed by atoms with Crippen molar-refractivity contribution in [1.29, 1.82) is 0 Å². The van der Waals surface area contributed by atoms with Crippen LogP contribution in [0.15, 0.2) is 72.0 Å². The van der Waals surface area contributed by atoms with Gasteiger partial charge >= 0.3 is 12.1 Å². The number of aldehydes is 1. The number of carbonyl (C=O) groups excluding carboxylic acids is 7. The Morgan fingerprint density at radius 3 is 2.47 bits per heavy atom. The molecule has 0 aliphatic carbocycles. The molecular formula is C51H64N10O13S. The van der Waals surface area contributed by atoms with Crippen LogP contribution < -0.4 is 21.3 Å². The summed E-state index contributed by atoms with van der Waals surface area (Å²) in [7, 11) is 1.86. The van der Waals surface area contributed by atoms with E-state index >= 15 is 0 Å². The van der Waals surface area contributed by atoms with Gasteiger partial charge in [-0.15, -0.1) is 9.40 Å². The number of pyridine rings is 1. The SMILES string of the molecule is CC(C)N(CCc1c2c(nc3ccccc13)/C(=C/C1=C(C=O)COC(=O)C1OC(=O)OCc1ccc(NC(=O)CNC(=O)COCC(=O)NC(C)(C)COC(C)(C)Cn3cc(CNC=O)nn3)cc1)N(C)C2)[S+](C)[O-]. The quantitative estimate of drug-likeness (QED) is 0.0399. The fourth-order valence-corrected chi connectivity index (χ4v) is 9.18. The third-order valence-electron chi connectivity index (χ3n) is 11.8. The number of hydrogen-bond acceptors (Lipinski definition) is 18. The fourth-order valence-electron chi connectivity index (χ4n) is 8.24. The highest BCUT2D eigenvalue weighted by Crippen LogP contribution is 2.38. The molecule has 24 heteroatoms. The smallest absolute Gasteiger partial charge is 0.509 e. The minimum Gasteiger partial charge on any atom is -0.598 e. The van der Waals surface area contributed by atoms with E-state index in [0.717, 1.165) is 22.0 Å². The van der Waals surface area contributed by atoms with Gasteiger partial charge in [0.05, 0.1) is 60.5 Å². The van der Waals surface area contributed by atoms with E-state index in [1.807, 2.05) is 68.2 Å². The molecule has 0 radical (unpaired) electrons. The van der Waals surface area contributed by atoms with Crippen LogP contribution in [0.4, 0.5) is 10.5 Å². The Morgan fingerprint density at radius 1 is 1.03 bits per heavy atom. The Kier molecular flexibility index (Phi) is 19.6. The zero-order valence-electron chi connectivity index (χ0n) is 43.3. The zero-order chi connectivity index (χ0) is 54.5. The Hall–Kier alpha value is -7.25. The van der Waals surface area contributed by atoms with Crippen LogP contribution in [-0.4, -0.2) is 152 Å². The number of fused-ring (bicyclic) bond motifs is 2. The van der Waals surface area contributed by atoms with E-state index in [9.17, 15) is 38.1 Å². The number of nitrogens with zero attached hydrogens (tertiary/aromatic N) is 6. The van der Waals surface area contributed by atoms with E-state index in [1.54, 1.807) is 61.3 Å². The average Bonchev–Trinajstić information content (AvgIpc) is 3.93. The summed E-state index contributed by atoms with van der Waals surface area (Å²) >= 11 is -1.18. The summed E-state index contributed by atoms with van der Waals surface area (Å²) in [5, 5.41) is 19.4.